The fraction of sp³-hybridized carbons (Fsp3) is 0.769. The molecule has 110 valence electrons. The highest BCUT2D eigenvalue weighted by molar-refractivity contribution is 5.85. The van der Waals surface area contributed by atoms with Crippen molar-refractivity contribution in [3.63, 3.8) is 0 Å². The van der Waals surface area contributed by atoms with Gasteiger partial charge in [-0.2, -0.15) is 0 Å². The van der Waals surface area contributed by atoms with E-state index in [1.165, 1.54) is 4.90 Å². The van der Waals surface area contributed by atoms with Crippen molar-refractivity contribution in [2.75, 3.05) is 13.1 Å². The number of carboxylic acids is 1. The number of nitrogens with zero attached hydrogens (tertiary/aromatic N) is 1. The van der Waals surface area contributed by atoms with Crippen LogP contribution in [0.1, 0.15) is 40.5 Å². The summed E-state index contributed by atoms with van der Waals surface area (Å²) >= 11 is 0. The molecule has 0 bridgehead atoms. The average molecular weight is 272 g/mol. The number of hydrogen-bond donors (Lipinski definition) is 2. The van der Waals surface area contributed by atoms with Gasteiger partial charge in [0.2, 0.25) is 11.8 Å². The van der Waals surface area contributed by atoms with Gasteiger partial charge in [0, 0.05) is 25.4 Å². The third-order valence-corrected chi connectivity index (χ3v) is 2.56. The van der Waals surface area contributed by atoms with E-state index in [2.05, 4.69) is 5.32 Å². The summed E-state index contributed by atoms with van der Waals surface area (Å²) in [4.78, 5) is 35.5. The number of rotatable bonds is 8. The van der Waals surface area contributed by atoms with E-state index >= 15 is 0 Å². The molecule has 0 aliphatic rings. The number of aliphatic carboxylic acids is 1. The first-order valence-corrected chi connectivity index (χ1v) is 6.55. The van der Waals surface area contributed by atoms with Crippen LogP contribution >= 0.6 is 0 Å². The second-order valence-electron chi connectivity index (χ2n) is 5.04. The molecule has 0 rings (SSSR count). The first-order valence-electron chi connectivity index (χ1n) is 6.55. The molecule has 2 N–H and O–H groups in total. The van der Waals surface area contributed by atoms with E-state index in [4.69, 9.17) is 5.11 Å². The van der Waals surface area contributed by atoms with Gasteiger partial charge < -0.3 is 15.3 Å². The van der Waals surface area contributed by atoms with Crippen molar-refractivity contribution in [3.8, 4) is 0 Å². The SMILES string of the molecule is CCN(CC(=O)NC(C)C)C(=O)CC(C)CC(=O)O. The molecule has 1 unspecified atom stereocenters. The van der Waals surface area contributed by atoms with Gasteiger partial charge in [0.15, 0.2) is 0 Å². The maximum absolute atomic E-state index is 11.9. The topological polar surface area (TPSA) is 86.7 Å². The number of likely N-dealkylation sites (N-methyl/N-ethyl adjacent to an activating group) is 1. The molecule has 0 spiro atoms. The monoisotopic (exact) mass is 272 g/mol. The molecule has 0 fully saturated rings. The Morgan fingerprint density at radius 3 is 2.16 bits per heavy atom. The van der Waals surface area contributed by atoms with Gasteiger partial charge in [-0.05, 0) is 26.7 Å². The Bertz CT molecular complexity index is 329. The molecular weight excluding hydrogens is 248 g/mol. The zero-order valence-electron chi connectivity index (χ0n) is 12.1. The Kier molecular flexibility index (Phi) is 7.79. The number of carboxylic acid groups (broad SMARTS) is 1. The highest BCUT2D eigenvalue weighted by Crippen LogP contribution is 2.09. The van der Waals surface area contributed by atoms with E-state index in [1.807, 2.05) is 13.8 Å². The van der Waals surface area contributed by atoms with E-state index in [0.717, 1.165) is 0 Å². The predicted molar refractivity (Wildman–Crippen MR) is 71.6 cm³/mol. The van der Waals surface area contributed by atoms with Crippen LogP contribution in [0.2, 0.25) is 0 Å². The lowest BCUT2D eigenvalue weighted by Gasteiger charge is -2.22. The van der Waals surface area contributed by atoms with Gasteiger partial charge >= 0.3 is 5.97 Å². The second kappa shape index (κ2) is 8.50. The Morgan fingerprint density at radius 1 is 1.16 bits per heavy atom. The molecule has 0 aromatic rings. The predicted octanol–water partition coefficient (Wildman–Crippen LogP) is 0.860. The van der Waals surface area contributed by atoms with Crippen molar-refractivity contribution in [1.29, 1.82) is 0 Å². The Hall–Kier alpha value is -1.59. The Morgan fingerprint density at radius 2 is 1.74 bits per heavy atom. The van der Waals surface area contributed by atoms with Crippen LogP contribution in [0, 0.1) is 5.92 Å². The summed E-state index contributed by atoms with van der Waals surface area (Å²) in [5.74, 6) is -1.53. The maximum Gasteiger partial charge on any atom is 0.303 e. The molecular formula is C13H24N2O4. The first kappa shape index (κ1) is 17.4. The summed E-state index contributed by atoms with van der Waals surface area (Å²) in [7, 11) is 0. The number of amides is 2. The van der Waals surface area contributed by atoms with Gasteiger partial charge in [-0.15, -0.1) is 0 Å². The van der Waals surface area contributed by atoms with E-state index in [-0.39, 0.29) is 43.2 Å². The second-order valence-corrected chi connectivity index (χ2v) is 5.04. The third-order valence-electron chi connectivity index (χ3n) is 2.56. The molecule has 0 radical (unpaired) electrons. The minimum absolute atomic E-state index is 0.0211. The van der Waals surface area contributed by atoms with Crippen molar-refractivity contribution < 1.29 is 19.5 Å². The van der Waals surface area contributed by atoms with Crippen LogP contribution in [0.5, 0.6) is 0 Å². The summed E-state index contributed by atoms with van der Waals surface area (Å²) in [5, 5.41) is 11.4. The van der Waals surface area contributed by atoms with Crippen LogP contribution in [0.4, 0.5) is 0 Å². The van der Waals surface area contributed by atoms with E-state index in [9.17, 15) is 14.4 Å². The van der Waals surface area contributed by atoms with Crippen molar-refractivity contribution >= 4 is 17.8 Å². The lowest BCUT2D eigenvalue weighted by molar-refractivity contribution is -0.139. The van der Waals surface area contributed by atoms with E-state index in [0.29, 0.717) is 6.54 Å². The molecule has 0 aliphatic heterocycles. The maximum atomic E-state index is 11.9. The third kappa shape index (κ3) is 8.18. The Labute approximate surface area is 114 Å². The summed E-state index contributed by atoms with van der Waals surface area (Å²) in [6, 6.07) is 0.0345. The zero-order valence-corrected chi connectivity index (χ0v) is 12.1. The molecule has 0 aromatic carbocycles. The zero-order chi connectivity index (χ0) is 15.0. The van der Waals surface area contributed by atoms with Gasteiger partial charge in [-0.1, -0.05) is 6.92 Å². The smallest absolute Gasteiger partial charge is 0.303 e. The number of hydrogen-bond acceptors (Lipinski definition) is 3. The largest absolute Gasteiger partial charge is 0.481 e. The summed E-state index contributed by atoms with van der Waals surface area (Å²) in [6.45, 7) is 7.67. The van der Waals surface area contributed by atoms with E-state index in [1.54, 1.807) is 13.8 Å². The van der Waals surface area contributed by atoms with Gasteiger partial charge in [-0.3, -0.25) is 14.4 Å². The van der Waals surface area contributed by atoms with Gasteiger partial charge in [-0.25, -0.2) is 0 Å². The molecule has 0 saturated heterocycles. The molecule has 19 heavy (non-hydrogen) atoms. The normalized spacial score (nSPS) is 12.1. The molecule has 6 nitrogen and oxygen atoms in total. The molecule has 6 heteroatoms. The van der Waals surface area contributed by atoms with Crippen LogP contribution in [0.25, 0.3) is 0 Å². The molecule has 0 heterocycles. The van der Waals surface area contributed by atoms with Crippen molar-refractivity contribution in [2.45, 2.75) is 46.6 Å². The van der Waals surface area contributed by atoms with Crippen molar-refractivity contribution in [1.82, 2.24) is 10.2 Å². The average Bonchev–Trinajstić information content (AvgIpc) is 2.23. The van der Waals surface area contributed by atoms with Crippen molar-refractivity contribution in [2.24, 2.45) is 5.92 Å². The van der Waals surface area contributed by atoms with Gasteiger partial charge in [0.25, 0.3) is 0 Å². The van der Waals surface area contributed by atoms with E-state index < -0.39 is 5.97 Å². The summed E-state index contributed by atoms with van der Waals surface area (Å²) in [5.41, 5.74) is 0. The quantitative estimate of drug-likeness (QED) is 0.686. The molecule has 0 aromatic heterocycles. The fourth-order valence-corrected chi connectivity index (χ4v) is 1.71. The highest BCUT2D eigenvalue weighted by atomic mass is 16.4. The Balaban J connectivity index is 4.31. The summed E-state index contributed by atoms with van der Waals surface area (Å²) in [6.07, 6.45) is 0.108. The highest BCUT2D eigenvalue weighted by Gasteiger charge is 2.19. The molecule has 1 atom stereocenters. The van der Waals surface area contributed by atoms with Crippen LogP contribution in [-0.2, 0) is 14.4 Å². The number of nitrogens with one attached hydrogen (secondary N) is 1. The standard InChI is InChI=1S/C13H24N2O4/c1-5-15(8-11(16)14-9(2)3)12(17)6-10(4)7-13(18)19/h9-10H,5-8H2,1-4H3,(H,14,16)(H,18,19). The van der Waals surface area contributed by atoms with Crippen LogP contribution < -0.4 is 5.32 Å². The minimum atomic E-state index is -0.916. The summed E-state index contributed by atoms with van der Waals surface area (Å²) < 4.78 is 0. The minimum Gasteiger partial charge on any atom is -0.481 e. The van der Waals surface area contributed by atoms with Crippen LogP contribution in [-0.4, -0.2) is 46.9 Å². The first-order chi connectivity index (χ1) is 8.76. The number of carbonyl (C=O) groups excluding carboxylic acids is 2. The number of carbonyl (C=O) groups is 3. The lowest BCUT2D eigenvalue weighted by Crippen LogP contribution is -2.43. The van der Waals surface area contributed by atoms with Gasteiger partial charge in [0.05, 0.1) is 6.54 Å². The fourth-order valence-electron chi connectivity index (χ4n) is 1.71. The molecule has 0 saturated carbocycles. The van der Waals surface area contributed by atoms with Crippen LogP contribution in [0.15, 0.2) is 0 Å². The molecule has 0 aliphatic carbocycles. The lowest BCUT2D eigenvalue weighted by atomic mass is 10.0. The molecule has 2 amide bonds. The van der Waals surface area contributed by atoms with Gasteiger partial charge in [0.1, 0.15) is 0 Å². The van der Waals surface area contributed by atoms with Crippen LogP contribution in [0.3, 0.4) is 0 Å². The van der Waals surface area contributed by atoms with Crippen molar-refractivity contribution in [3.05, 3.63) is 0 Å².